The number of aryl methyl sites for hydroxylation is 1. The van der Waals surface area contributed by atoms with Crippen LogP contribution in [0, 0.1) is 16.4 Å². The molecule has 0 spiro atoms. The summed E-state index contributed by atoms with van der Waals surface area (Å²) in [6, 6.07) is 5.12. The highest BCUT2D eigenvalue weighted by molar-refractivity contribution is 14.1. The Morgan fingerprint density at radius 2 is 2.10 bits per heavy atom. The van der Waals surface area contributed by atoms with E-state index in [0.717, 1.165) is 9.13 Å². The molecule has 1 heterocycles. The molecule has 1 aliphatic heterocycles. The zero-order chi connectivity index (χ0) is 14.9. The third-order valence-corrected chi connectivity index (χ3v) is 5.04. The van der Waals surface area contributed by atoms with Crippen molar-refractivity contribution in [1.82, 2.24) is 4.90 Å². The topological polar surface area (TPSA) is 66.8 Å². The molecule has 0 saturated carbocycles. The Hall–Kier alpha value is -1.15. The van der Waals surface area contributed by atoms with Crippen molar-refractivity contribution in [1.29, 1.82) is 0 Å². The normalized spacial score (nSPS) is 21.8. The molecule has 1 aromatic rings. The van der Waals surface area contributed by atoms with Crippen molar-refractivity contribution in [2.45, 2.75) is 13.0 Å². The minimum atomic E-state index is -0.925. The SMILES string of the molecule is Cc1cccc(C(=O)N(C)C2COCC2C(=O)O)c1I. The van der Waals surface area contributed by atoms with Crippen LogP contribution >= 0.6 is 22.6 Å². The average molecular weight is 389 g/mol. The standard InChI is InChI=1S/C14H16INO4/c1-8-4-3-5-9(12(8)15)13(17)16(2)11-7-20-6-10(11)14(18)19/h3-5,10-11H,6-7H2,1-2H3,(H,18,19). The molecule has 0 radical (unpaired) electrons. The number of carbonyl (C=O) groups excluding carboxylic acids is 1. The Balaban J connectivity index is 2.24. The van der Waals surface area contributed by atoms with Crippen LogP contribution < -0.4 is 0 Å². The molecule has 2 rings (SSSR count). The average Bonchev–Trinajstić information content (AvgIpc) is 2.89. The predicted octanol–water partition coefficient (Wildman–Crippen LogP) is 1.77. The number of carboxylic acid groups (broad SMARTS) is 1. The number of carbonyl (C=O) groups is 2. The predicted molar refractivity (Wildman–Crippen MR) is 81.7 cm³/mol. The summed E-state index contributed by atoms with van der Waals surface area (Å²) in [6.45, 7) is 2.36. The van der Waals surface area contributed by atoms with Gasteiger partial charge in [-0.15, -0.1) is 0 Å². The van der Waals surface area contributed by atoms with Crippen molar-refractivity contribution in [3.05, 3.63) is 32.9 Å². The van der Waals surface area contributed by atoms with Crippen LogP contribution in [0.5, 0.6) is 0 Å². The van der Waals surface area contributed by atoms with Crippen LogP contribution in [0.3, 0.4) is 0 Å². The van der Waals surface area contributed by atoms with Gasteiger partial charge in [0.2, 0.25) is 0 Å². The maximum Gasteiger partial charge on any atom is 0.311 e. The van der Waals surface area contributed by atoms with Crippen LogP contribution in [0.15, 0.2) is 18.2 Å². The Kier molecular flexibility index (Phi) is 4.64. The molecule has 1 aliphatic rings. The van der Waals surface area contributed by atoms with Crippen molar-refractivity contribution in [3.8, 4) is 0 Å². The van der Waals surface area contributed by atoms with E-state index in [4.69, 9.17) is 9.84 Å². The van der Waals surface area contributed by atoms with Crippen molar-refractivity contribution in [3.63, 3.8) is 0 Å². The van der Waals surface area contributed by atoms with Gasteiger partial charge in [0.05, 0.1) is 24.8 Å². The highest BCUT2D eigenvalue weighted by Crippen LogP contribution is 2.23. The van der Waals surface area contributed by atoms with Gasteiger partial charge in [0, 0.05) is 10.6 Å². The highest BCUT2D eigenvalue weighted by Gasteiger charge is 2.38. The molecule has 0 aromatic heterocycles. The Morgan fingerprint density at radius 3 is 2.75 bits per heavy atom. The van der Waals surface area contributed by atoms with E-state index in [-0.39, 0.29) is 19.1 Å². The third kappa shape index (κ3) is 2.80. The van der Waals surface area contributed by atoms with Crippen molar-refractivity contribution in [2.75, 3.05) is 20.3 Å². The number of nitrogens with zero attached hydrogens (tertiary/aromatic N) is 1. The molecule has 2 unspecified atom stereocenters. The van der Waals surface area contributed by atoms with Crippen molar-refractivity contribution < 1.29 is 19.4 Å². The number of aliphatic carboxylic acids is 1. The van der Waals surface area contributed by atoms with E-state index < -0.39 is 17.9 Å². The van der Waals surface area contributed by atoms with Gasteiger partial charge in [0.1, 0.15) is 5.92 Å². The molecule has 1 aromatic carbocycles. The molecule has 1 fully saturated rings. The van der Waals surface area contributed by atoms with Crippen molar-refractivity contribution >= 4 is 34.5 Å². The molecule has 6 heteroatoms. The minimum absolute atomic E-state index is 0.155. The van der Waals surface area contributed by atoms with E-state index in [1.165, 1.54) is 4.90 Å². The number of ether oxygens (including phenoxy) is 1. The fourth-order valence-corrected chi connectivity index (χ4v) is 2.90. The molecule has 0 aliphatic carbocycles. The van der Waals surface area contributed by atoms with Gasteiger partial charge in [-0.3, -0.25) is 9.59 Å². The highest BCUT2D eigenvalue weighted by atomic mass is 127. The van der Waals surface area contributed by atoms with E-state index in [1.807, 2.05) is 19.1 Å². The lowest BCUT2D eigenvalue weighted by Gasteiger charge is -2.27. The number of rotatable bonds is 3. The summed E-state index contributed by atoms with van der Waals surface area (Å²) in [4.78, 5) is 25.2. The van der Waals surface area contributed by atoms with E-state index in [2.05, 4.69) is 22.6 Å². The second-order valence-electron chi connectivity index (χ2n) is 4.90. The number of hydrogen-bond donors (Lipinski definition) is 1. The second-order valence-corrected chi connectivity index (χ2v) is 5.98. The number of halogens is 1. The molecule has 20 heavy (non-hydrogen) atoms. The summed E-state index contributed by atoms with van der Waals surface area (Å²) in [5, 5.41) is 9.16. The van der Waals surface area contributed by atoms with Crippen molar-refractivity contribution in [2.24, 2.45) is 5.92 Å². The van der Waals surface area contributed by atoms with E-state index in [1.54, 1.807) is 13.1 Å². The van der Waals surface area contributed by atoms with Gasteiger partial charge in [0.25, 0.3) is 5.91 Å². The lowest BCUT2D eigenvalue weighted by atomic mass is 10.0. The van der Waals surface area contributed by atoms with Gasteiger partial charge in [-0.25, -0.2) is 0 Å². The zero-order valence-electron chi connectivity index (χ0n) is 11.3. The van der Waals surface area contributed by atoms with Gasteiger partial charge >= 0.3 is 5.97 Å². The fourth-order valence-electron chi connectivity index (χ4n) is 2.31. The maximum absolute atomic E-state index is 12.5. The third-order valence-electron chi connectivity index (χ3n) is 3.61. The molecular formula is C14H16INO4. The summed E-state index contributed by atoms with van der Waals surface area (Å²) in [5.74, 6) is -1.75. The number of benzene rings is 1. The van der Waals surface area contributed by atoms with E-state index in [9.17, 15) is 9.59 Å². The Bertz CT molecular complexity index is 546. The molecule has 0 bridgehead atoms. The summed E-state index contributed by atoms with van der Waals surface area (Å²) in [6.07, 6.45) is 0. The summed E-state index contributed by atoms with van der Waals surface area (Å²) in [7, 11) is 1.63. The number of carboxylic acids is 1. The first kappa shape index (κ1) is 15.2. The van der Waals surface area contributed by atoms with Crippen LogP contribution in [0.25, 0.3) is 0 Å². The smallest absolute Gasteiger partial charge is 0.311 e. The monoisotopic (exact) mass is 389 g/mol. The van der Waals surface area contributed by atoms with Crippen LogP contribution in [0.1, 0.15) is 15.9 Å². The minimum Gasteiger partial charge on any atom is -0.481 e. The summed E-state index contributed by atoms with van der Waals surface area (Å²) < 4.78 is 6.11. The Morgan fingerprint density at radius 1 is 1.40 bits per heavy atom. The van der Waals surface area contributed by atoms with E-state index >= 15 is 0 Å². The zero-order valence-corrected chi connectivity index (χ0v) is 13.5. The lowest BCUT2D eigenvalue weighted by Crippen LogP contribution is -2.44. The molecule has 5 nitrogen and oxygen atoms in total. The van der Waals surface area contributed by atoms with Gasteiger partial charge in [-0.2, -0.15) is 0 Å². The number of likely N-dealkylation sites (N-methyl/N-ethyl adjacent to an activating group) is 1. The first-order chi connectivity index (χ1) is 9.43. The van der Waals surface area contributed by atoms with E-state index in [0.29, 0.717) is 5.56 Å². The number of amides is 1. The molecule has 1 amide bonds. The van der Waals surface area contributed by atoms with Gasteiger partial charge in [-0.1, -0.05) is 12.1 Å². The second kappa shape index (κ2) is 6.09. The van der Waals surface area contributed by atoms with Crippen LogP contribution in [-0.2, 0) is 9.53 Å². The van der Waals surface area contributed by atoms with Gasteiger partial charge < -0.3 is 14.7 Å². The van der Waals surface area contributed by atoms with Gasteiger partial charge in [0.15, 0.2) is 0 Å². The maximum atomic E-state index is 12.5. The largest absolute Gasteiger partial charge is 0.481 e. The van der Waals surface area contributed by atoms with Crippen LogP contribution in [-0.4, -0.2) is 48.2 Å². The van der Waals surface area contributed by atoms with Crippen LogP contribution in [0.4, 0.5) is 0 Å². The quantitative estimate of drug-likeness (QED) is 0.801. The van der Waals surface area contributed by atoms with Crippen LogP contribution in [0.2, 0.25) is 0 Å². The molecule has 1 saturated heterocycles. The lowest BCUT2D eigenvalue weighted by molar-refractivity contribution is -0.142. The Labute approximate surface area is 131 Å². The summed E-state index contributed by atoms with van der Waals surface area (Å²) in [5.41, 5.74) is 1.63. The molecule has 2 atom stereocenters. The first-order valence-corrected chi connectivity index (χ1v) is 7.34. The summed E-state index contributed by atoms with van der Waals surface area (Å²) >= 11 is 2.14. The van der Waals surface area contributed by atoms with Gasteiger partial charge in [-0.05, 0) is 41.1 Å². The molecule has 1 N–H and O–H groups in total. The number of hydrogen-bond acceptors (Lipinski definition) is 3. The fraction of sp³-hybridized carbons (Fsp3) is 0.429. The first-order valence-electron chi connectivity index (χ1n) is 6.26. The molecular weight excluding hydrogens is 373 g/mol. The molecule has 108 valence electrons.